The van der Waals surface area contributed by atoms with E-state index in [1.165, 1.54) is 11.1 Å². The lowest BCUT2D eigenvalue weighted by Gasteiger charge is -2.09. The molecule has 0 bridgehead atoms. The second kappa shape index (κ2) is 4.33. The normalized spacial score (nSPS) is 14.0. The van der Waals surface area contributed by atoms with Crippen molar-refractivity contribution in [2.45, 2.75) is 27.6 Å². The van der Waals surface area contributed by atoms with Crippen molar-refractivity contribution in [3.63, 3.8) is 0 Å². The molecule has 0 N–H and O–H groups in total. The molecule has 2 rings (SSSR count). The molecule has 0 unspecified atom stereocenters. The van der Waals surface area contributed by atoms with E-state index < -0.39 is 6.85 Å². The summed E-state index contributed by atoms with van der Waals surface area (Å²) in [6.07, 6.45) is 2.04. The van der Waals surface area contributed by atoms with E-state index in [1.807, 2.05) is 26.2 Å². The van der Waals surface area contributed by atoms with Crippen molar-refractivity contribution in [2.75, 3.05) is 0 Å². The SMILES string of the molecule is [2H]C([2H])([2H])c1ccc(-c2c(C)c(C)cc[n+]2C)c(C)c1. The van der Waals surface area contributed by atoms with Crippen molar-refractivity contribution in [1.29, 1.82) is 0 Å². The summed E-state index contributed by atoms with van der Waals surface area (Å²) in [5.41, 5.74) is 6.06. The number of aryl methyl sites for hydroxylation is 4. The molecule has 0 spiro atoms. The molecule has 0 saturated carbocycles. The Morgan fingerprint density at radius 2 is 1.82 bits per heavy atom. The molecular weight excluding hydrogens is 206 g/mol. The minimum atomic E-state index is -2.05. The highest BCUT2D eigenvalue weighted by Gasteiger charge is 2.16. The molecule has 0 aliphatic heterocycles. The summed E-state index contributed by atoms with van der Waals surface area (Å²) in [4.78, 5) is 0. The van der Waals surface area contributed by atoms with Gasteiger partial charge >= 0.3 is 0 Å². The van der Waals surface area contributed by atoms with Crippen molar-refractivity contribution < 1.29 is 8.68 Å². The Morgan fingerprint density at radius 1 is 1.06 bits per heavy atom. The predicted molar refractivity (Wildman–Crippen MR) is 72.0 cm³/mol. The summed E-state index contributed by atoms with van der Waals surface area (Å²) in [6, 6.07) is 7.48. The second-order valence-electron chi connectivity index (χ2n) is 4.61. The third-order valence-electron chi connectivity index (χ3n) is 3.33. The van der Waals surface area contributed by atoms with Crippen LogP contribution in [0.25, 0.3) is 11.3 Å². The average molecular weight is 229 g/mol. The van der Waals surface area contributed by atoms with Gasteiger partial charge in [-0.2, -0.15) is 0 Å². The largest absolute Gasteiger partial charge is 0.215 e. The van der Waals surface area contributed by atoms with Crippen LogP contribution in [0.2, 0.25) is 0 Å². The Balaban J connectivity index is 2.64. The van der Waals surface area contributed by atoms with Crippen LogP contribution < -0.4 is 4.57 Å². The Bertz CT molecular complexity index is 658. The first-order valence-corrected chi connectivity index (χ1v) is 5.79. The molecule has 1 nitrogen and oxygen atoms in total. The summed E-state index contributed by atoms with van der Waals surface area (Å²) in [7, 11) is 2.01. The van der Waals surface area contributed by atoms with Crippen molar-refractivity contribution >= 4 is 0 Å². The van der Waals surface area contributed by atoms with Crippen LogP contribution in [0.1, 0.15) is 26.4 Å². The molecule has 0 atom stereocenters. The molecule has 0 radical (unpaired) electrons. The van der Waals surface area contributed by atoms with Gasteiger partial charge < -0.3 is 0 Å². The number of rotatable bonds is 1. The van der Waals surface area contributed by atoms with Crippen LogP contribution >= 0.6 is 0 Å². The molecule has 1 heterocycles. The van der Waals surface area contributed by atoms with Crippen LogP contribution in [-0.4, -0.2) is 0 Å². The molecule has 17 heavy (non-hydrogen) atoms. The van der Waals surface area contributed by atoms with Crippen molar-refractivity contribution in [3.8, 4) is 11.3 Å². The third-order valence-corrected chi connectivity index (χ3v) is 3.33. The Labute approximate surface area is 108 Å². The van der Waals surface area contributed by atoms with Crippen LogP contribution in [0, 0.1) is 27.6 Å². The maximum atomic E-state index is 7.49. The van der Waals surface area contributed by atoms with Crippen molar-refractivity contribution in [1.82, 2.24) is 0 Å². The Kier molecular flexibility index (Phi) is 2.15. The fourth-order valence-electron chi connectivity index (χ4n) is 2.20. The van der Waals surface area contributed by atoms with Crippen LogP contribution in [0.3, 0.4) is 0 Å². The van der Waals surface area contributed by atoms with Gasteiger partial charge in [0.15, 0.2) is 6.20 Å². The quantitative estimate of drug-likeness (QED) is 0.660. The van der Waals surface area contributed by atoms with E-state index in [-0.39, 0.29) is 0 Å². The van der Waals surface area contributed by atoms with E-state index >= 15 is 0 Å². The molecule has 0 fully saturated rings. The molecule has 0 amide bonds. The monoisotopic (exact) mass is 229 g/mol. The van der Waals surface area contributed by atoms with Crippen molar-refractivity contribution in [2.24, 2.45) is 7.05 Å². The smallest absolute Gasteiger partial charge is 0.201 e. The average Bonchev–Trinajstić information content (AvgIpc) is 2.35. The number of hydrogen-bond donors (Lipinski definition) is 0. The number of benzene rings is 1. The highest BCUT2D eigenvalue weighted by molar-refractivity contribution is 5.65. The van der Waals surface area contributed by atoms with Gasteiger partial charge in [-0.3, -0.25) is 0 Å². The molecule has 0 aliphatic rings. The van der Waals surface area contributed by atoms with Gasteiger partial charge in [0, 0.05) is 21.3 Å². The van der Waals surface area contributed by atoms with Crippen LogP contribution in [0.5, 0.6) is 0 Å². The van der Waals surface area contributed by atoms with E-state index in [0.717, 1.165) is 16.8 Å². The van der Waals surface area contributed by atoms with Crippen molar-refractivity contribution in [3.05, 3.63) is 52.7 Å². The first-order valence-electron chi connectivity index (χ1n) is 7.29. The molecular formula is C16H20N+. The molecule has 0 aliphatic carbocycles. The van der Waals surface area contributed by atoms with Crippen LogP contribution in [0.4, 0.5) is 0 Å². The molecule has 1 heteroatoms. The predicted octanol–water partition coefficient (Wildman–Crippen LogP) is 3.41. The zero-order valence-electron chi connectivity index (χ0n) is 13.8. The highest BCUT2D eigenvalue weighted by Crippen LogP contribution is 2.25. The summed E-state index contributed by atoms with van der Waals surface area (Å²) < 4.78 is 24.6. The topological polar surface area (TPSA) is 3.88 Å². The summed E-state index contributed by atoms with van der Waals surface area (Å²) in [6.45, 7) is 4.10. The first kappa shape index (κ1) is 8.46. The maximum absolute atomic E-state index is 7.49. The summed E-state index contributed by atoms with van der Waals surface area (Å²) in [5.74, 6) is 0. The van der Waals surface area contributed by atoms with Gasteiger partial charge in [-0.1, -0.05) is 17.7 Å². The minimum Gasteiger partial charge on any atom is -0.201 e. The second-order valence-corrected chi connectivity index (χ2v) is 4.61. The van der Waals surface area contributed by atoms with E-state index in [1.54, 1.807) is 12.1 Å². The third kappa shape index (κ3) is 2.10. The van der Waals surface area contributed by atoms with Gasteiger partial charge in [0.2, 0.25) is 5.69 Å². The van der Waals surface area contributed by atoms with Crippen LogP contribution in [0.15, 0.2) is 30.5 Å². The summed E-state index contributed by atoms with van der Waals surface area (Å²) in [5, 5.41) is 0. The first-order chi connectivity index (χ1) is 9.21. The molecule has 1 aromatic heterocycles. The standard InChI is InChI=1S/C16H20N/c1-11-6-7-15(13(3)10-11)16-14(4)12(2)8-9-17(16)5/h6-10H,1-5H3/q+1/i1D3. The molecule has 1 aromatic carbocycles. The van der Waals surface area contributed by atoms with E-state index in [2.05, 4.69) is 24.5 Å². The van der Waals surface area contributed by atoms with Gasteiger partial charge in [-0.15, -0.1) is 0 Å². The van der Waals surface area contributed by atoms with Crippen LogP contribution in [-0.2, 0) is 7.05 Å². The minimum absolute atomic E-state index is 0.395. The fraction of sp³-hybridized carbons (Fsp3) is 0.312. The number of nitrogens with zero attached hydrogens (tertiary/aromatic N) is 1. The van der Waals surface area contributed by atoms with E-state index in [9.17, 15) is 0 Å². The molecule has 2 aromatic rings. The number of hydrogen-bond acceptors (Lipinski definition) is 0. The van der Waals surface area contributed by atoms with Gasteiger partial charge in [0.05, 0.1) is 0 Å². The Morgan fingerprint density at radius 3 is 2.47 bits per heavy atom. The lowest BCUT2D eigenvalue weighted by Crippen LogP contribution is -2.32. The number of pyridine rings is 1. The lowest BCUT2D eigenvalue weighted by molar-refractivity contribution is -0.660. The van der Waals surface area contributed by atoms with Gasteiger partial charge in [0.25, 0.3) is 0 Å². The van der Waals surface area contributed by atoms with E-state index in [4.69, 9.17) is 4.11 Å². The fourth-order valence-corrected chi connectivity index (χ4v) is 2.20. The summed E-state index contributed by atoms with van der Waals surface area (Å²) >= 11 is 0. The molecule has 88 valence electrons. The lowest BCUT2D eigenvalue weighted by atomic mass is 9.97. The van der Waals surface area contributed by atoms with Gasteiger partial charge in [-0.25, -0.2) is 4.57 Å². The van der Waals surface area contributed by atoms with Gasteiger partial charge in [0.1, 0.15) is 7.05 Å². The zero-order chi connectivity index (χ0) is 15.1. The van der Waals surface area contributed by atoms with Gasteiger partial charge in [-0.05, 0) is 44.8 Å². The number of aromatic nitrogens is 1. The Hall–Kier alpha value is -1.63. The molecule has 0 saturated heterocycles. The zero-order valence-corrected chi connectivity index (χ0v) is 10.8. The van der Waals surface area contributed by atoms with E-state index in [0.29, 0.717) is 5.56 Å². The maximum Gasteiger partial charge on any atom is 0.215 e. The highest BCUT2D eigenvalue weighted by atomic mass is 14.9.